The van der Waals surface area contributed by atoms with Crippen molar-refractivity contribution in [1.29, 1.82) is 0 Å². The van der Waals surface area contributed by atoms with E-state index < -0.39 is 11.8 Å². The van der Waals surface area contributed by atoms with Crippen LogP contribution >= 0.6 is 0 Å². The van der Waals surface area contributed by atoms with Gasteiger partial charge in [0.15, 0.2) is 5.82 Å². The molecule has 2 heterocycles. The van der Waals surface area contributed by atoms with Crippen LogP contribution in [-0.2, 0) is 11.8 Å². The van der Waals surface area contributed by atoms with Gasteiger partial charge in [0, 0.05) is 24.7 Å². The summed E-state index contributed by atoms with van der Waals surface area (Å²) < 4.78 is 6.42. The van der Waals surface area contributed by atoms with Crippen molar-refractivity contribution in [2.75, 3.05) is 6.54 Å². The van der Waals surface area contributed by atoms with Crippen molar-refractivity contribution in [1.82, 2.24) is 25.3 Å². The van der Waals surface area contributed by atoms with Crippen molar-refractivity contribution in [2.45, 2.75) is 64.0 Å². The Morgan fingerprint density at radius 2 is 2.17 bits per heavy atom. The van der Waals surface area contributed by atoms with Gasteiger partial charge in [-0.05, 0) is 57.7 Å². The molecule has 2 aromatic heterocycles. The van der Waals surface area contributed by atoms with Gasteiger partial charge in [-0.15, -0.1) is 0 Å². The van der Waals surface area contributed by atoms with E-state index in [0.29, 0.717) is 30.9 Å². The van der Waals surface area contributed by atoms with Crippen LogP contribution in [0.2, 0.25) is 0 Å². The minimum atomic E-state index is -0.700. The zero-order valence-electron chi connectivity index (χ0n) is 17.7. The highest BCUT2D eigenvalue weighted by atomic mass is 16.5. The molecule has 1 saturated carbocycles. The van der Waals surface area contributed by atoms with Gasteiger partial charge in [-0.1, -0.05) is 11.6 Å². The molecule has 0 aromatic carbocycles. The highest BCUT2D eigenvalue weighted by Gasteiger charge is 2.34. The van der Waals surface area contributed by atoms with Gasteiger partial charge in [0.2, 0.25) is 5.91 Å². The second kappa shape index (κ2) is 9.29. The molecule has 3 atom stereocenters. The number of aryl methyl sites for hydroxylation is 1. The summed E-state index contributed by atoms with van der Waals surface area (Å²) in [6.07, 6.45) is 3.49. The van der Waals surface area contributed by atoms with E-state index in [1.54, 1.807) is 0 Å². The van der Waals surface area contributed by atoms with E-state index >= 15 is 0 Å². The molecule has 2 amide bonds. The molecule has 0 radical (unpaired) electrons. The summed E-state index contributed by atoms with van der Waals surface area (Å²) in [5.74, 6) is -0.843. The molecule has 1 aliphatic carbocycles. The third kappa shape index (κ3) is 4.64. The Labute approximate surface area is 174 Å². The fraction of sp³-hybridized carbons (Fsp3) is 0.600. The molecule has 1 aliphatic rings. The Kier molecular flexibility index (Phi) is 6.76. The predicted molar refractivity (Wildman–Crippen MR) is 110 cm³/mol. The first-order valence-electron chi connectivity index (χ1n) is 10.3. The van der Waals surface area contributed by atoms with Gasteiger partial charge in [-0.25, -0.2) is 4.79 Å². The number of amides is 2. The molecule has 1 fully saturated rings. The number of carbonyl (C=O) groups is 2. The van der Waals surface area contributed by atoms with E-state index in [-0.39, 0.29) is 23.8 Å². The Hall–Kier alpha value is -2.88. The van der Waals surface area contributed by atoms with Crippen LogP contribution in [0.3, 0.4) is 0 Å². The van der Waals surface area contributed by atoms with Gasteiger partial charge in [0.1, 0.15) is 11.7 Å². The van der Waals surface area contributed by atoms with E-state index in [2.05, 4.69) is 25.3 Å². The predicted octanol–water partition coefficient (Wildman–Crippen LogP) is 0.608. The lowest BCUT2D eigenvalue weighted by atomic mass is 10.0. The quantitative estimate of drug-likeness (QED) is 0.494. The van der Waals surface area contributed by atoms with Crippen LogP contribution in [0.5, 0.6) is 0 Å². The lowest BCUT2D eigenvalue weighted by Crippen LogP contribution is -2.50. The first-order valence-corrected chi connectivity index (χ1v) is 10.3. The second-order valence-electron chi connectivity index (χ2n) is 7.95. The molecule has 2 aromatic rings. The second-order valence-corrected chi connectivity index (χ2v) is 7.95. The number of aromatic amines is 1. The number of hydrogen-bond donors (Lipinski definition) is 4. The Morgan fingerprint density at radius 1 is 1.40 bits per heavy atom. The van der Waals surface area contributed by atoms with Crippen molar-refractivity contribution in [3.05, 3.63) is 39.4 Å². The highest BCUT2D eigenvalue weighted by Crippen LogP contribution is 2.32. The normalized spacial score (nSPS) is 19.6. The average molecular weight is 418 g/mol. The topological polar surface area (TPSA) is 148 Å². The fourth-order valence-corrected chi connectivity index (χ4v) is 4.04. The number of nitrogens with one attached hydrogen (secondary N) is 3. The smallest absolute Gasteiger partial charge is 0.351 e. The van der Waals surface area contributed by atoms with Gasteiger partial charge in [0.25, 0.3) is 5.91 Å². The summed E-state index contributed by atoms with van der Waals surface area (Å²) in [5.41, 5.74) is 8.15. The molecule has 0 aliphatic heterocycles. The molecule has 164 valence electrons. The van der Waals surface area contributed by atoms with Crippen LogP contribution in [0.1, 0.15) is 65.6 Å². The van der Waals surface area contributed by atoms with Gasteiger partial charge < -0.3 is 20.9 Å². The van der Waals surface area contributed by atoms with E-state index in [9.17, 15) is 14.4 Å². The molecular weight excluding hydrogens is 388 g/mol. The monoisotopic (exact) mass is 418 g/mol. The largest absolute Gasteiger partial charge is 0.438 e. The summed E-state index contributed by atoms with van der Waals surface area (Å²) in [6, 6.07) is 0.931. The number of carbonyl (C=O) groups excluding carboxylic acids is 2. The summed E-state index contributed by atoms with van der Waals surface area (Å²) in [4.78, 5) is 39.7. The summed E-state index contributed by atoms with van der Waals surface area (Å²) in [5, 5.41) is 9.67. The molecule has 0 unspecified atom stereocenters. The van der Waals surface area contributed by atoms with Crippen molar-refractivity contribution in [3.8, 4) is 0 Å². The number of nitrogens with zero attached hydrogens (tertiary/aromatic N) is 2. The van der Waals surface area contributed by atoms with Crippen LogP contribution < -0.4 is 22.1 Å². The summed E-state index contributed by atoms with van der Waals surface area (Å²) >= 11 is 0. The number of hydrogen-bond acceptors (Lipinski definition) is 6. The minimum Gasteiger partial charge on any atom is -0.351 e. The lowest BCUT2D eigenvalue weighted by Gasteiger charge is -2.23. The van der Waals surface area contributed by atoms with Crippen LogP contribution in [0.15, 0.2) is 15.4 Å². The van der Waals surface area contributed by atoms with E-state index in [0.717, 1.165) is 30.5 Å². The van der Waals surface area contributed by atoms with Gasteiger partial charge in [-0.2, -0.15) is 0 Å². The first kappa shape index (κ1) is 21.8. The molecular formula is C20H30N6O4. The molecule has 10 heteroatoms. The van der Waals surface area contributed by atoms with Crippen LogP contribution in [0.4, 0.5) is 0 Å². The van der Waals surface area contributed by atoms with Gasteiger partial charge in [-0.3, -0.25) is 19.1 Å². The Balaban J connectivity index is 1.71. The zero-order chi connectivity index (χ0) is 21.8. The van der Waals surface area contributed by atoms with Crippen molar-refractivity contribution < 1.29 is 14.1 Å². The maximum absolute atomic E-state index is 13.0. The molecule has 30 heavy (non-hydrogen) atoms. The Morgan fingerprint density at radius 3 is 2.77 bits per heavy atom. The van der Waals surface area contributed by atoms with E-state index in [4.69, 9.17) is 5.73 Å². The number of aromatic nitrogens is 3. The fourth-order valence-electron chi connectivity index (χ4n) is 4.04. The SMILES string of the molecule is Cc1cc(C(=O)N[C@@H](CCCN)C(=O)N[C@H]2CCC[C@H]2c2noc(=O)[nH]2)n(C)c1C. The van der Waals surface area contributed by atoms with Crippen molar-refractivity contribution >= 4 is 11.8 Å². The molecule has 5 N–H and O–H groups in total. The Bertz CT molecular complexity index is 959. The first-order chi connectivity index (χ1) is 14.3. The molecule has 0 spiro atoms. The molecule has 0 saturated heterocycles. The standard InChI is InChI=1S/C20H30N6O4/c1-11-10-16(26(3)12(11)2)19(28)23-15(8-5-9-21)18(27)22-14-7-4-6-13(14)17-24-20(29)30-25-17/h10,13-15H,4-9,21H2,1-3H3,(H,22,27)(H,23,28)(H,24,25,29)/t13-,14+,15+/m1/s1. The van der Waals surface area contributed by atoms with Gasteiger partial charge in [0.05, 0.1) is 0 Å². The molecule has 10 nitrogen and oxygen atoms in total. The van der Waals surface area contributed by atoms with Crippen LogP contribution in [-0.4, -0.2) is 45.2 Å². The van der Waals surface area contributed by atoms with E-state index in [1.807, 2.05) is 31.5 Å². The van der Waals surface area contributed by atoms with Crippen LogP contribution in [0.25, 0.3) is 0 Å². The zero-order valence-corrected chi connectivity index (χ0v) is 17.7. The average Bonchev–Trinajstić information content (AvgIpc) is 3.41. The minimum absolute atomic E-state index is 0.121. The van der Waals surface area contributed by atoms with Crippen molar-refractivity contribution in [2.24, 2.45) is 12.8 Å². The molecule has 0 bridgehead atoms. The number of nitrogens with two attached hydrogens (primary N) is 1. The highest BCUT2D eigenvalue weighted by molar-refractivity contribution is 5.96. The number of H-pyrrole nitrogens is 1. The number of rotatable bonds is 8. The third-order valence-corrected chi connectivity index (χ3v) is 5.99. The van der Waals surface area contributed by atoms with E-state index in [1.165, 1.54) is 0 Å². The maximum atomic E-state index is 13.0. The lowest BCUT2D eigenvalue weighted by molar-refractivity contribution is -0.123. The summed E-state index contributed by atoms with van der Waals surface area (Å²) in [6.45, 7) is 4.31. The van der Waals surface area contributed by atoms with Crippen LogP contribution in [0, 0.1) is 13.8 Å². The third-order valence-electron chi connectivity index (χ3n) is 5.99. The summed E-state index contributed by atoms with van der Waals surface area (Å²) in [7, 11) is 1.83. The van der Waals surface area contributed by atoms with Crippen molar-refractivity contribution in [3.63, 3.8) is 0 Å². The van der Waals surface area contributed by atoms with Gasteiger partial charge >= 0.3 is 5.76 Å². The molecule has 3 rings (SSSR count). The maximum Gasteiger partial charge on any atom is 0.438 e.